The summed E-state index contributed by atoms with van der Waals surface area (Å²) in [5.41, 5.74) is 15.1. The Hall–Kier alpha value is -10.3. The molecule has 0 bridgehead atoms. The van der Waals surface area contributed by atoms with Crippen molar-refractivity contribution in [2.45, 2.75) is 108 Å². The summed E-state index contributed by atoms with van der Waals surface area (Å²) in [4.78, 5) is 0. The van der Waals surface area contributed by atoms with Gasteiger partial charge in [0.15, 0.2) is 14.3 Å². The summed E-state index contributed by atoms with van der Waals surface area (Å²) in [5.74, 6) is 5.88. The number of rotatable bonds is 24. The number of benzene rings is 12. The van der Waals surface area contributed by atoms with Gasteiger partial charge < -0.3 is 42.7 Å². The lowest BCUT2D eigenvalue weighted by Gasteiger charge is -2.29. The average molecular weight is 1350 g/mol. The summed E-state index contributed by atoms with van der Waals surface area (Å²) in [6, 6.07) is 82.4. The third kappa shape index (κ3) is 14.9. The van der Waals surface area contributed by atoms with E-state index in [1.54, 1.807) is 18.2 Å². The molecule has 0 saturated heterocycles. The highest BCUT2D eigenvalue weighted by molar-refractivity contribution is 7.86. The Kier molecular flexibility index (Phi) is 20.4. The van der Waals surface area contributed by atoms with Gasteiger partial charge in [-0.2, -0.15) is 0 Å². The van der Waals surface area contributed by atoms with E-state index in [1.807, 2.05) is 209 Å². The van der Waals surface area contributed by atoms with Crippen LogP contribution in [-0.4, -0.2) is 5.11 Å². The molecule has 0 radical (unpaired) electrons. The van der Waals surface area contributed by atoms with Crippen LogP contribution in [0.3, 0.4) is 0 Å². The highest BCUT2D eigenvalue weighted by atomic mass is 31.2. The van der Waals surface area contributed by atoms with E-state index in [4.69, 9.17) is 28.4 Å². The largest absolute Gasteiger partial charge is 0.507 e. The molecule has 0 saturated carbocycles. The van der Waals surface area contributed by atoms with E-state index >= 15 is 9.13 Å². The fourth-order valence-electron chi connectivity index (χ4n) is 13.1. The molecule has 0 heterocycles. The summed E-state index contributed by atoms with van der Waals surface area (Å²) in [7, 11) is -6.67. The van der Waals surface area contributed by atoms with Crippen molar-refractivity contribution in [3.8, 4) is 51.7 Å². The quantitative estimate of drug-likeness (QED) is 0.0592. The van der Waals surface area contributed by atoms with E-state index in [9.17, 15) is 5.11 Å². The Morgan fingerprint density at radius 1 is 0.313 bits per heavy atom. The van der Waals surface area contributed by atoms with Crippen LogP contribution in [0.15, 0.2) is 255 Å². The van der Waals surface area contributed by atoms with Gasteiger partial charge in [0.25, 0.3) is 0 Å². The lowest BCUT2D eigenvalue weighted by atomic mass is 9.76. The van der Waals surface area contributed by atoms with Gasteiger partial charge in [-0.05, 0) is 195 Å². The van der Waals surface area contributed by atoms with Crippen LogP contribution in [0.2, 0.25) is 0 Å². The van der Waals surface area contributed by atoms with Gasteiger partial charge in [-0.1, -0.05) is 220 Å². The van der Waals surface area contributed by atoms with Crippen LogP contribution in [0.1, 0.15) is 97.3 Å². The van der Waals surface area contributed by atoms with Gasteiger partial charge in [0.05, 0.1) is 10.6 Å². The maximum Gasteiger partial charge on any atom is 0.174 e. The topological polar surface area (TPSA) is 110 Å². The summed E-state index contributed by atoms with van der Waals surface area (Å²) in [6.07, 6.45) is 0. The zero-order valence-electron chi connectivity index (χ0n) is 58.2. The molecular formula is C88H84O9P2. The van der Waals surface area contributed by atoms with Gasteiger partial charge in [0, 0.05) is 26.6 Å². The fourth-order valence-corrected chi connectivity index (χ4v) is 18.7. The molecule has 0 fully saturated rings. The van der Waals surface area contributed by atoms with Gasteiger partial charge in [0.2, 0.25) is 0 Å². The lowest BCUT2D eigenvalue weighted by molar-refractivity contribution is 0.299. The van der Waals surface area contributed by atoms with Crippen LogP contribution < -0.4 is 60.2 Å². The number of phenols is 1. The Balaban J connectivity index is 0.644. The molecule has 0 spiro atoms. The zero-order valence-corrected chi connectivity index (χ0v) is 60.0. The van der Waals surface area contributed by atoms with Gasteiger partial charge in [-0.25, -0.2) is 0 Å². The maximum absolute atomic E-state index is 15.4. The molecule has 12 rings (SSSR count). The first-order valence-electron chi connectivity index (χ1n) is 33.5. The van der Waals surface area contributed by atoms with Crippen molar-refractivity contribution >= 4 is 46.1 Å². The molecule has 0 unspecified atom stereocenters. The van der Waals surface area contributed by atoms with E-state index in [1.165, 1.54) is 11.1 Å². The van der Waals surface area contributed by atoms with Crippen LogP contribution in [0.25, 0.3) is 0 Å². The summed E-state index contributed by atoms with van der Waals surface area (Å²) >= 11 is 0. The van der Waals surface area contributed by atoms with Gasteiger partial charge in [-0.3, -0.25) is 0 Å². The molecule has 11 heteroatoms. The van der Waals surface area contributed by atoms with Crippen molar-refractivity contribution in [1.82, 2.24) is 0 Å². The number of aromatic hydroxyl groups is 1. The van der Waals surface area contributed by atoms with E-state index < -0.39 is 14.3 Å². The summed E-state index contributed by atoms with van der Waals surface area (Å²) in [6.45, 7) is 24.6. The third-order valence-electron chi connectivity index (χ3n) is 18.5. The molecule has 0 aliphatic heterocycles. The SMILES string of the molecule is Cc1ccc(OCc2ccc(COc3c(C)cc(Oc4c(C)cc(C(C)(C)c5cc(C)c(Oc6cc(C)c(OCc7ccc(COc8ccc(O)c(P(=O)(c9ccccc9)c9ccccc9)c8)cc7)c(C)c6)c(C)c5)cc4C)cc3C)cc2)c(P(=O)(c2ccccc2)c2ccccc2)c1. The van der Waals surface area contributed by atoms with Crippen LogP contribution in [0.4, 0.5) is 0 Å². The molecular weight excluding hydrogens is 1260 g/mol. The highest BCUT2D eigenvalue weighted by Gasteiger charge is 2.35. The average Bonchev–Trinajstić information content (AvgIpc) is 0.744. The second-order valence-corrected chi connectivity index (χ2v) is 31.9. The number of hydrogen-bond donors (Lipinski definition) is 1. The molecule has 500 valence electrons. The van der Waals surface area contributed by atoms with E-state index in [0.29, 0.717) is 52.5 Å². The van der Waals surface area contributed by atoms with E-state index in [2.05, 4.69) is 104 Å². The predicted octanol–water partition coefficient (Wildman–Crippen LogP) is 19.7. The first kappa shape index (κ1) is 68.6. The Bertz CT molecular complexity index is 4790. The predicted molar refractivity (Wildman–Crippen MR) is 404 cm³/mol. The van der Waals surface area contributed by atoms with Crippen molar-refractivity contribution in [2.24, 2.45) is 0 Å². The molecule has 0 aliphatic carbocycles. The van der Waals surface area contributed by atoms with Crippen molar-refractivity contribution in [2.75, 3.05) is 0 Å². The van der Waals surface area contributed by atoms with Crippen molar-refractivity contribution in [3.63, 3.8) is 0 Å². The highest BCUT2D eigenvalue weighted by Crippen LogP contribution is 2.48. The van der Waals surface area contributed by atoms with E-state index in [0.717, 1.165) is 117 Å². The van der Waals surface area contributed by atoms with Gasteiger partial charge >= 0.3 is 0 Å². The van der Waals surface area contributed by atoms with Crippen LogP contribution in [0, 0.1) is 62.3 Å². The van der Waals surface area contributed by atoms with Gasteiger partial charge in [-0.15, -0.1) is 0 Å². The number of aryl methyl sites for hydroxylation is 9. The number of hydrogen-bond acceptors (Lipinski definition) is 9. The number of phenolic OH excluding ortho intramolecular Hbond substituents is 1. The van der Waals surface area contributed by atoms with E-state index in [-0.39, 0.29) is 17.8 Å². The lowest BCUT2D eigenvalue weighted by Crippen LogP contribution is -2.26. The monoisotopic (exact) mass is 1350 g/mol. The Morgan fingerprint density at radius 3 is 1.00 bits per heavy atom. The minimum absolute atomic E-state index is 0.0451. The summed E-state index contributed by atoms with van der Waals surface area (Å²) in [5, 5.41) is 14.9. The molecule has 12 aromatic carbocycles. The minimum Gasteiger partial charge on any atom is -0.507 e. The molecule has 0 aliphatic rings. The molecule has 1 N–H and O–H groups in total. The summed E-state index contributed by atoms with van der Waals surface area (Å²) < 4.78 is 69.6. The fraction of sp³-hybridized carbons (Fsp3) is 0.182. The normalized spacial score (nSPS) is 11.7. The van der Waals surface area contributed by atoms with Crippen molar-refractivity contribution in [3.05, 3.63) is 338 Å². The smallest absolute Gasteiger partial charge is 0.174 e. The molecule has 9 nitrogen and oxygen atoms in total. The van der Waals surface area contributed by atoms with Crippen molar-refractivity contribution < 1.29 is 42.7 Å². The zero-order chi connectivity index (χ0) is 69.6. The van der Waals surface area contributed by atoms with Gasteiger partial charge in [0.1, 0.15) is 78.2 Å². The third-order valence-corrected chi connectivity index (χ3v) is 24.7. The Labute approximate surface area is 583 Å². The van der Waals surface area contributed by atoms with Crippen LogP contribution in [0.5, 0.6) is 51.7 Å². The van der Waals surface area contributed by atoms with Crippen molar-refractivity contribution in [1.29, 1.82) is 0 Å². The van der Waals surface area contributed by atoms with Crippen LogP contribution >= 0.6 is 14.3 Å². The minimum atomic E-state index is -3.41. The standard InChI is InChI=1S/C88H84O9P2/c1-58-32-43-81(83(44-58)99(91,78-28-20-14-21-29-78)79-30-22-15-23-31-79)93-55-68-35-39-70(40-36-68)57-95-85-65(8)51-75(52-66(85)9)97-87-61(4)47-72(48-62(87)5)88(10,11)71-45-59(2)86(60(3)46-71)96-74-49-63(6)84(64(7)50-74)94-56-69-37-33-67(34-38-69)54-92-73-41-42-80(89)82(53-73)98(90,76-24-16-12-17-25-76)77-26-18-13-19-27-77/h12-53,89H,54-57H2,1-11H3. The molecule has 0 aromatic heterocycles. The maximum atomic E-state index is 15.4. The molecule has 0 atom stereocenters. The second kappa shape index (κ2) is 29.4. The Morgan fingerprint density at radius 2 is 0.636 bits per heavy atom. The first-order chi connectivity index (χ1) is 47.6. The molecule has 0 amide bonds. The first-order valence-corrected chi connectivity index (χ1v) is 36.9. The molecule has 12 aromatic rings. The number of ether oxygens (including phenoxy) is 6. The second-order valence-electron chi connectivity index (χ2n) is 26.4. The molecule has 99 heavy (non-hydrogen) atoms. The van der Waals surface area contributed by atoms with Crippen LogP contribution in [-0.2, 0) is 41.0 Å².